The number of para-hydroxylation sites is 2. The van der Waals surface area contributed by atoms with Crippen molar-refractivity contribution in [3.05, 3.63) is 59.7 Å². The van der Waals surface area contributed by atoms with Crippen LogP contribution in [0, 0.1) is 0 Å². The van der Waals surface area contributed by atoms with Gasteiger partial charge in [-0.25, -0.2) is 0 Å². The van der Waals surface area contributed by atoms with Gasteiger partial charge in [0.25, 0.3) is 0 Å². The summed E-state index contributed by atoms with van der Waals surface area (Å²) in [5.74, 6) is 0.364. The molecule has 2 aromatic rings. The average molecular weight is 282 g/mol. The number of hydrogen-bond donors (Lipinski definition) is 2. The van der Waals surface area contributed by atoms with E-state index >= 15 is 0 Å². The summed E-state index contributed by atoms with van der Waals surface area (Å²) in [4.78, 5) is 8.73. The van der Waals surface area contributed by atoms with Gasteiger partial charge in [-0.15, -0.1) is 0 Å². The van der Waals surface area contributed by atoms with Crippen LogP contribution >= 0.6 is 0 Å². The average Bonchev–Trinajstić information content (AvgIpc) is 2.46. The Morgan fingerprint density at radius 1 is 0.762 bits per heavy atom. The molecular formula is C17H18N2O2. The summed E-state index contributed by atoms with van der Waals surface area (Å²) in [5, 5.41) is 19.4. The Labute approximate surface area is 124 Å². The van der Waals surface area contributed by atoms with Crippen molar-refractivity contribution >= 4 is 12.4 Å². The Hall–Kier alpha value is -2.62. The van der Waals surface area contributed by atoms with E-state index in [0.717, 1.165) is 0 Å². The number of phenolic OH excluding ortho intramolecular Hbond substituents is 2. The smallest absolute Gasteiger partial charge is 0.144 e. The van der Waals surface area contributed by atoms with Crippen molar-refractivity contribution in [2.24, 2.45) is 9.98 Å². The molecule has 0 aliphatic heterocycles. The third kappa shape index (κ3) is 4.18. The summed E-state index contributed by atoms with van der Waals surface area (Å²) < 4.78 is 0. The highest BCUT2D eigenvalue weighted by molar-refractivity contribution is 5.85. The zero-order valence-electron chi connectivity index (χ0n) is 12.1. The van der Waals surface area contributed by atoms with Crippen LogP contribution in [-0.2, 0) is 0 Å². The van der Waals surface area contributed by atoms with Gasteiger partial charge < -0.3 is 10.2 Å². The molecule has 21 heavy (non-hydrogen) atoms. The lowest BCUT2D eigenvalue weighted by Gasteiger charge is -2.13. The van der Waals surface area contributed by atoms with E-state index in [0.29, 0.717) is 11.1 Å². The predicted octanol–water partition coefficient (Wildman–Crippen LogP) is 3.37. The SMILES string of the molecule is CC(C)(N=Cc1ccccc1O)N=Cc1ccccc1O. The van der Waals surface area contributed by atoms with Gasteiger partial charge in [0.15, 0.2) is 0 Å². The Kier molecular flexibility index (Phi) is 4.38. The first-order chi connectivity index (χ1) is 9.98. The molecule has 4 nitrogen and oxygen atoms in total. The Morgan fingerprint density at radius 3 is 1.52 bits per heavy atom. The van der Waals surface area contributed by atoms with E-state index in [1.807, 2.05) is 26.0 Å². The Balaban J connectivity index is 2.16. The van der Waals surface area contributed by atoms with Gasteiger partial charge in [0, 0.05) is 23.6 Å². The Morgan fingerprint density at radius 2 is 1.14 bits per heavy atom. The highest BCUT2D eigenvalue weighted by atomic mass is 16.3. The number of benzene rings is 2. The van der Waals surface area contributed by atoms with Crippen LogP contribution in [0.15, 0.2) is 58.5 Å². The number of phenols is 2. The first-order valence-corrected chi connectivity index (χ1v) is 6.64. The number of aromatic hydroxyl groups is 2. The minimum Gasteiger partial charge on any atom is -0.507 e. The molecule has 0 saturated heterocycles. The van der Waals surface area contributed by atoms with E-state index < -0.39 is 5.66 Å². The topological polar surface area (TPSA) is 65.2 Å². The Bertz CT molecular complexity index is 618. The molecule has 0 bridgehead atoms. The quantitative estimate of drug-likeness (QED) is 0.844. The predicted molar refractivity (Wildman–Crippen MR) is 85.5 cm³/mol. The number of hydrogen-bond acceptors (Lipinski definition) is 4. The van der Waals surface area contributed by atoms with Gasteiger partial charge in [0.2, 0.25) is 0 Å². The van der Waals surface area contributed by atoms with Gasteiger partial charge in [0.05, 0.1) is 0 Å². The molecule has 0 spiro atoms. The van der Waals surface area contributed by atoms with Crippen molar-refractivity contribution in [2.75, 3.05) is 0 Å². The summed E-state index contributed by atoms with van der Waals surface area (Å²) in [6.07, 6.45) is 3.19. The molecule has 0 aromatic heterocycles. The summed E-state index contributed by atoms with van der Waals surface area (Å²) >= 11 is 0. The molecule has 0 saturated carbocycles. The lowest BCUT2D eigenvalue weighted by Crippen LogP contribution is -2.13. The van der Waals surface area contributed by atoms with E-state index in [1.165, 1.54) is 0 Å². The normalized spacial score (nSPS) is 12.3. The third-order valence-electron chi connectivity index (χ3n) is 2.91. The number of aliphatic imine (C=N–C) groups is 2. The molecule has 0 radical (unpaired) electrons. The maximum Gasteiger partial charge on any atom is 0.144 e. The lowest BCUT2D eigenvalue weighted by atomic mass is 10.2. The number of nitrogens with zero attached hydrogens (tertiary/aromatic N) is 2. The summed E-state index contributed by atoms with van der Waals surface area (Å²) in [5.41, 5.74) is 0.594. The minimum atomic E-state index is -0.690. The lowest BCUT2D eigenvalue weighted by molar-refractivity contribution is 0.474. The van der Waals surface area contributed by atoms with E-state index in [2.05, 4.69) is 9.98 Å². The van der Waals surface area contributed by atoms with Crippen molar-refractivity contribution < 1.29 is 10.2 Å². The molecule has 0 aliphatic rings. The third-order valence-corrected chi connectivity index (χ3v) is 2.91. The minimum absolute atomic E-state index is 0.182. The van der Waals surface area contributed by atoms with E-state index in [-0.39, 0.29) is 11.5 Å². The van der Waals surface area contributed by atoms with Crippen LogP contribution in [0.3, 0.4) is 0 Å². The highest BCUT2D eigenvalue weighted by Crippen LogP contribution is 2.18. The zero-order chi connectivity index (χ0) is 15.3. The van der Waals surface area contributed by atoms with E-state index in [4.69, 9.17) is 0 Å². The van der Waals surface area contributed by atoms with Crippen LogP contribution in [0.4, 0.5) is 0 Å². The van der Waals surface area contributed by atoms with Crippen LogP contribution < -0.4 is 0 Å². The molecule has 0 fully saturated rings. The first-order valence-electron chi connectivity index (χ1n) is 6.64. The largest absolute Gasteiger partial charge is 0.507 e. The molecule has 0 heterocycles. The molecule has 2 N–H and O–H groups in total. The van der Waals surface area contributed by atoms with Crippen LogP contribution in [0.25, 0.3) is 0 Å². The van der Waals surface area contributed by atoms with Crippen LogP contribution in [-0.4, -0.2) is 28.3 Å². The fourth-order valence-corrected chi connectivity index (χ4v) is 1.68. The van der Waals surface area contributed by atoms with Gasteiger partial charge in [0.1, 0.15) is 17.2 Å². The maximum atomic E-state index is 9.69. The fourth-order valence-electron chi connectivity index (χ4n) is 1.68. The molecule has 108 valence electrons. The molecule has 2 aromatic carbocycles. The van der Waals surface area contributed by atoms with Gasteiger partial charge in [-0.2, -0.15) is 0 Å². The summed E-state index contributed by atoms with van der Waals surface area (Å²) in [7, 11) is 0. The summed E-state index contributed by atoms with van der Waals surface area (Å²) in [6.45, 7) is 3.69. The zero-order valence-corrected chi connectivity index (χ0v) is 12.1. The van der Waals surface area contributed by atoms with Crippen molar-refractivity contribution in [3.8, 4) is 11.5 Å². The van der Waals surface area contributed by atoms with Crippen LogP contribution in [0.5, 0.6) is 11.5 Å². The van der Waals surface area contributed by atoms with Crippen LogP contribution in [0.1, 0.15) is 25.0 Å². The maximum absolute atomic E-state index is 9.69. The molecular weight excluding hydrogens is 264 g/mol. The van der Waals surface area contributed by atoms with Crippen molar-refractivity contribution in [1.29, 1.82) is 0 Å². The molecule has 0 unspecified atom stereocenters. The molecule has 4 heteroatoms. The molecule has 2 rings (SSSR count). The molecule has 0 aliphatic carbocycles. The van der Waals surface area contributed by atoms with Gasteiger partial charge in [-0.1, -0.05) is 24.3 Å². The number of rotatable bonds is 4. The van der Waals surface area contributed by atoms with Gasteiger partial charge in [-0.05, 0) is 38.1 Å². The summed E-state index contributed by atoms with van der Waals surface area (Å²) in [6, 6.07) is 14.0. The fraction of sp³-hybridized carbons (Fsp3) is 0.176. The van der Waals surface area contributed by atoms with Crippen molar-refractivity contribution in [1.82, 2.24) is 0 Å². The van der Waals surface area contributed by atoms with E-state index in [9.17, 15) is 10.2 Å². The molecule has 0 atom stereocenters. The van der Waals surface area contributed by atoms with Gasteiger partial charge in [-0.3, -0.25) is 9.98 Å². The highest BCUT2D eigenvalue weighted by Gasteiger charge is 2.12. The second-order valence-electron chi connectivity index (χ2n) is 5.13. The molecule has 0 amide bonds. The first kappa shape index (κ1) is 14.8. The standard InChI is InChI=1S/C17H18N2O2/c1-17(2,18-11-13-7-3-5-9-15(13)20)19-12-14-8-4-6-10-16(14)21/h3-12,20-21H,1-2H3. The second-order valence-corrected chi connectivity index (χ2v) is 5.13. The monoisotopic (exact) mass is 282 g/mol. The van der Waals surface area contributed by atoms with Crippen molar-refractivity contribution in [2.45, 2.75) is 19.5 Å². The van der Waals surface area contributed by atoms with Crippen molar-refractivity contribution in [3.63, 3.8) is 0 Å². The van der Waals surface area contributed by atoms with Crippen LogP contribution in [0.2, 0.25) is 0 Å². The van der Waals surface area contributed by atoms with Gasteiger partial charge >= 0.3 is 0 Å². The van der Waals surface area contributed by atoms with E-state index in [1.54, 1.807) is 48.8 Å². The second kappa shape index (κ2) is 6.22.